The van der Waals surface area contributed by atoms with Gasteiger partial charge in [-0.3, -0.25) is 15.5 Å². The SMILES string of the molecule is Cc1nn(C)c2nc(NNC(=O)Nc3cc(Cl)nc(CCc4ccccc4)c3)cc(C(C)C)c12. The topological polar surface area (TPSA) is 96.8 Å². The highest BCUT2D eigenvalue weighted by Crippen LogP contribution is 2.29. The number of pyridine rings is 2. The van der Waals surface area contributed by atoms with Crippen LogP contribution in [0.1, 0.15) is 42.3 Å². The number of hydrogen-bond donors (Lipinski definition) is 3. The van der Waals surface area contributed by atoms with Crippen molar-refractivity contribution in [2.75, 3.05) is 10.7 Å². The van der Waals surface area contributed by atoms with Gasteiger partial charge in [0.25, 0.3) is 0 Å². The minimum atomic E-state index is -0.439. The lowest BCUT2D eigenvalue weighted by molar-refractivity contribution is 0.254. The third kappa shape index (κ3) is 5.46. The van der Waals surface area contributed by atoms with Crippen LogP contribution in [-0.2, 0) is 19.9 Å². The number of urea groups is 1. The smallest absolute Gasteiger partial charge is 0.306 e. The standard InChI is InChI=1S/C25H28ClN7O/c1-15(2)20-14-22(29-24-23(20)16(3)32-33(24)4)30-31-25(34)28-19-12-18(27-21(26)13-19)11-10-17-8-6-5-7-9-17/h5-9,12-15H,10-11H2,1-4H3,(H,29,30)(H2,27,28,31,34). The first kappa shape index (κ1) is 23.5. The number of hydrazine groups is 1. The molecule has 1 aromatic carbocycles. The van der Waals surface area contributed by atoms with E-state index in [4.69, 9.17) is 11.6 Å². The molecule has 3 N–H and O–H groups in total. The van der Waals surface area contributed by atoms with E-state index in [1.165, 1.54) is 5.56 Å². The summed E-state index contributed by atoms with van der Waals surface area (Å²) in [6.45, 7) is 6.21. The Morgan fingerprint density at radius 3 is 2.59 bits per heavy atom. The molecule has 2 amide bonds. The van der Waals surface area contributed by atoms with Crippen LogP contribution < -0.4 is 16.2 Å². The molecule has 0 unspecified atom stereocenters. The second-order valence-electron chi connectivity index (χ2n) is 8.52. The number of benzene rings is 1. The van der Waals surface area contributed by atoms with E-state index in [0.717, 1.165) is 34.4 Å². The highest BCUT2D eigenvalue weighted by Gasteiger charge is 2.16. The fourth-order valence-corrected chi connectivity index (χ4v) is 4.18. The maximum Gasteiger partial charge on any atom is 0.337 e. The first-order chi connectivity index (χ1) is 16.3. The Labute approximate surface area is 203 Å². The average Bonchev–Trinajstić information content (AvgIpc) is 3.09. The lowest BCUT2D eigenvalue weighted by Gasteiger charge is -2.14. The van der Waals surface area contributed by atoms with Gasteiger partial charge >= 0.3 is 6.03 Å². The van der Waals surface area contributed by atoms with Crippen LogP contribution in [0.4, 0.5) is 16.3 Å². The molecule has 0 fully saturated rings. The Hall–Kier alpha value is -3.65. The molecular formula is C25H28ClN7O. The van der Waals surface area contributed by atoms with E-state index in [-0.39, 0.29) is 5.92 Å². The van der Waals surface area contributed by atoms with Gasteiger partial charge < -0.3 is 5.32 Å². The van der Waals surface area contributed by atoms with Crippen molar-refractivity contribution < 1.29 is 4.79 Å². The minimum Gasteiger partial charge on any atom is -0.306 e. The molecule has 0 radical (unpaired) electrons. The second kappa shape index (κ2) is 10.1. The molecule has 0 saturated carbocycles. The summed E-state index contributed by atoms with van der Waals surface area (Å²) < 4.78 is 1.75. The molecule has 176 valence electrons. The van der Waals surface area contributed by atoms with E-state index in [9.17, 15) is 4.79 Å². The summed E-state index contributed by atoms with van der Waals surface area (Å²) in [5.41, 5.74) is 10.9. The van der Waals surface area contributed by atoms with Gasteiger partial charge in [-0.2, -0.15) is 5.10 Å². The van der Waals surface area contributed by atoms with Gasteiger partial charge in [0.1, 0.15) is 11.0 Å². The zero-order valence-electron chi connectivity index (χ0n) is 19.7. The zero-order chi connectivity index (χ0) is 24.2. The van der Waals surface area contributed by atoms with E-state index in [1.807, 2.05) is 44.3 Å². The highest BCUT2D eigenvalue weighted by atomic mass is 35.5. The monoisotopic (exact) mass is 477 g/mol. The number of carbonyl (C=O) groups is 1. The first-order valence-electron chi connectivity index (χ1n) is 11.2. The van der Waals surface area contributed by atoms with Crippen molar-refractivity contribution >= 4 is 40.2 Å². The van der Waals surface area contributed by atoms with E-state index in [1.54, 1.807) is 10.7 Å². The molecule has 0 aliphatic heterocycles. The van der Waals surface area contributed by atoms with Crippen LogP contribution in [0.25, 0.3) is 11.0 Å². The molecule has 4 rings (SSSR count). The van der Waals surface area contributed by atoms with Crippen LogP contribution in [-0.4, -0.2) is 25.8 Å². The molecule has 0 spiro atoms. The van der Waals surface area contributed by atoms with Crippen LogP contribution in [0.3, 0.4) is 0 Å². The van der Waals surface area contributed by atoms with Gasteiger partial charge in [-0.05, 0) is 55.0 Å². The van der Waals surface area contributed by atoms with Crippen molar-refractivity contribution in [1.29, 1.82) is 0 Å². The van der Waals surface area contributed by atoms with Gasteiger partial charge in [0.2, 0.25) is 0 Å². The van der Waals surface area contributed by atoms with Gasteiger partial charge in [-0.1, -0.05) is 55.8 Å². The van der Waals surface area contributed by atoms with Gasteiger partial charge in [-0.15, -0.1) is 0 Å². The molecule has 3 aromatic heterocycles. The molecule has 0 atom stereocenters. The number of carbonyl (C=O) groups excluding carboxylic acids is 1. The average molecular weight is 478 g/mol. The van der Waals surface area contributed by atoms with Gasteiger partial charge in [0.05, 0.1) is 5.69 Å². The molecule has 0 aliphatic carbocycles. The van der Waals surface area contributed by atoms with E-state index in [2.05, 4.69) is 57.2 Å². The Morgan fingerprint density at radius 2 is 1.85 bits per heavy atom. The largest absolute Gasteiger partial charge is 0.337 e. The molecular weight excluding hydrogens is 450 g/mol. The third-order valence-corrected chi connectivity index (χ3v) is 5.74. The van der Waals surface area contributed by atoms with Crippen molar-refractivity contribution in [1.82, 2.24) is 25.2 Å². The van der Waals surface area contributed by atoms with Crippen LogP contribution >= 0.6 is 11.6 Å². The summed E-state index contributed by atoms with van der Waals surface area (Å²) in [6, 6.07) is 15.1. The number of anilines is 2. The fourth-order valence-electron chi connectivity index (χ4n) is 3.95. The molecule has 0 aliphatic rings. The molecule has 3 heterocycles. The highest BCUT2D eigenvalue weighted by molar-refractivity contribution is 6.29. The van der Waals surface area contributed by atoms with Crippen molar-refractivity contribution in [2.24, 2.45) is 7.05 Å². The Bertz CT molecular complexity index is 1320. The van der Waals surface area contributed by atoms with Gasteiger partial charge in [0, 0.05) is 23.8 Å². The van der Waals surface area contributed by atoms with Crippen LogP contribution in [0.2, 0.25) is 5.15 Å². The molecule has 34 heavy (non-hydrogen) atoms. The van der Waals surface area contributed by atoms with Crippen LogP contribution in [0.15, 0.2) is 48.5 Å². The third-order valence-electron chi connectivity index (χ3n) is 5.54. The molecule has 9 heteroatoms. The van der Waals surface area contributed by atoms with Crippen molar-refractivity contribution in [3.8, 4) is 0 Å². The number of nitrogens with one attached hydrogen (secondary N) is 3. The van der Waals surface area contributed by atoms with Gasteiger partial charge in [-0.25, -0.2) is 14.8 Å². The fraction of sp³-hybridized carbons (Fsp3) is 0.280. The maximum absolute atomic E-state index is 12.5. The number of aromatic nitrogens is 4. The number of rotatable bonds is 7. The molecule has 4 aromatic rings. The summed E-state index contributed by atoms with van der Waals surface area (Å²) in [5.74, 6) is 0.807. The Balaban J connectivity index is 1.43. The van der Waals surface area contributed by atoms with Crippen LogP contribution in [0, 0.1) is 6.92 Å². The number of nitrogens with zero attached hydrogens (tertiary/aromatic N) is 4. The van der Waals surface area contributed by atoms with E-state index >= 15 is 0 Å². The molecule has 8 nitrogen and oxygen atoms in total. The Kier molecular flexibility index (Phi) is 6.98. The minimum absolute atomic E-state index is 0.274. The van der Waals surface area contributed by atoms with E-state index < -0.39 is 6.03 Å². The van der Waals surface area contributed by atoms with Crippen LogP contribution in [0.5, 0.6) is 0 Å². The van der Waals surface area contributed by atoms with E-state index in [0.29, 0.717) is 23.1 Å². The summed E-state index contributed by atoms with van der Waals surface area (Å²) in [7, 11) is 1.86. The molecule has 0 bridgehead atoms. The number of amides is 2. The summed E-state index contributed by atoms with van der Waals surface area (Å²) in [4.78, 5) is 21.5. The number of fused-ring (bicyclic) bond motifs is 1. The predicted octanol–water partition coefficient (Wildman–Crippen LogP) is 5.38. The quantitative estimate of drug-likeness (QED) is 0.245. The maximum atomic E-state index is 12.5. The van der Waals surface area contributed by atoms with Gasteiger partial charge in [0.15, 0.2) is 5.65 Å². The van der Waals surface area contributed by atoms with Crippen molar-refractivity contribution in [3.05, 3.63) is 76.2 Å². The van der Waals surface area contributed by atoms with Crippen molar-refractivity contribution in [3.63, 3.8) is 0 Å². The number of aryl methyl sites for hydroxylation is 4. The predicted molar refractivity (Wildman–Crippen MR) is 136 cm³/mol. The molecule has 0 saturated heterocycles. The number of halogens is 1. The lowest BCUT2D eigenvalue weighted by atomic mass is 10.00. The zero-order valence-corrected chi connectivity index (χ0v) is 20.4. The van der Waals surface area contributed by atoms with Crippen molar-refractivity contribution in [2.45, 2.75) is 39.5 Å². The second-order valence-corrected chi connectivity index (χ2v) is 8.91. The Morgan fingerprint density at radius 1 is 1.09 bits per heavy atom. The number of hydrogen-bond acceptors (Lipinski definition) is 5. The summed E-state index contributed by atoms with van der Waals surface area (Å²) in [6.07, 6.45) is 1.55. The normalized spacial score (nSPS) is 11.1. The first-order valence-corrected chi connectivity index (χ1v) is 11.6. The summed E-state index contributed by atoms with van der Waals surface area (Å²) in [5, 5.41) is 8.66. The lowest BCUT2D eigenvalue weighted by Crippen LogP contribution is -2.34. The summed E-state index contributed by atoms with van der Waals surface area (Å²) >= 11 is 6.19.